The van der Waals surface area contributed by atoms with Crippen LogP contribution >= 0.6 is 0 Å². The minimum Gasteiger partial charge on any atom is -0.0149 e. The van der Waals surface area contributed by atoms with Gasteiger partial charge in [0.05, 0.1) is 0 Å². The van der Waals surface area contributed by atoms with Gasteiger partial charge in [-0.25, -0.2) is 0 Å². The minimum absolute atomic E-state index is 0. The summed E-state index contributed by atoms with van der Waals surface area (Å²) in [5.41, 5.74) is 2.66. The molecule has 0 aliphatic heterocycles. The van der Waals surface area contributed by atoms with Crippen molar-refractivity contribution in [1.29, 1.82) is 0 Å². The van der Waals surface area contributed by atoms with Crippen LogP contribution in [0.15, 0.2) is 46.0 Å². The molecule has 0 bridgehead atoms. The summed E-state index contributed by atoms with van der Waals surface area (Å²) in [7, 11) is 1.78. The maximum atomic E-state index is 5.66. The van der Waals surface area contributed by atoms with Crippen molar-refractivity contribution < 1.29 is 21.6 Å². The first-order valence-corrected chi connectivity index (χ1v) is 12.2. The van der Waals surface area contributed by atoms with Gasteiger partial charge in [-0.1, -0.05) is 0 Å². The van der Waals surface area contributed by atoms with Crippen LogP contribution in [0.5, 0.6) is 0 Å². The minimum atomic E-state index is -2.21. The summed E-state index contributed by atoms with van der Waals surface area (Å²) in [5.74, 6) is 1.10. The van der Waals surface area contributed by atoms with Crippen molar-refractivity contribution in [3.63, 3.8) is 0 Å². The normalized spacial score (nSPS) is 15.5. The van der Waals surface area contributed by atoms with Gasteiger partial charge in [0, 0.05) is 0 Å². The van der Waals surface area contributed by atoms with Crippen LogP contribution in [0.3, 0.4) is 0 Å². The average molecular weight is 353 g/mol. The first-order chi connectivity index (χ1) is 9.73. The molecule has 0 atom stereocenters. The van der Waals surface area contributed by atoms with Crippen molar-refractivity contribution in [2.75, 3.05) is 7.11 Å². The van der Waals surface area contributed by atoms with E-state index >= 15 is 0 Å². The molecule has 0 aromatic heterocycles. The van der Waals surface area contributed by atoms with E-state index in [0.29, 0.717) is 0 Å². The van der Waals surface area contributed by atoms with Crippen LogP contribution < -0.4 is 3.80 Å². The summed E-state index contributed by atoms with van der Waals surface area (Å²) in [6.45, 7) is 6.74. The second-order valence-electron chi connectivity index (χ2n) is 7.25. The summed E-state index contributed by atoms with van der Waals surface area (Å²) < 4.78 is 11.1. The van der Waals surface area contributed by atoms with Crippen LogP contribution in [0.25, 0.3) is 5.57 Å². The van der Waals surface area contributed by atoms with Crippen molar-refractivity contribution in [1.82, 2.24) is 3.80 Å². The average Bonchev–Trinajstić information content (AvgIpc) is 2.82. The van der Waals surface area contributed by atoms with Gasteiger partial charge in [0.2, 0.25) is 0 Å². The summed E-state index contributed by atoms with van der Waals surface area (Å²) in [6, 6.07) is 10.5. The van der Waals surface area contributed by atoms with E-state index < -0.39 is 16.8 Å². The first-order valence-electron chi connectivity index (χ1n) is 7.56. The second kappa shape index (κ2) is 7.31. The van der Waals surface area contributed by atoms with Gasteiger partial charge in [-0.3, -0.25) is 0 Å². The van der Waals surface area contributed by atoms with Gasteiger partial charge in [0.1, 0.15) is 0 Å². The van der Waals surface area contributed by atoms with Crippen LogP contribution in [0.2, 0.25) is 10.5 Å². The van der Waals surface area contributed by atoms with E-state index in [9.17, 15) is 0 Å². The summed E-state index contributed by atoms with van der Waals surface area (Å²) in [5, 5.41) is 4.86. The molecule has 0 unspecified atom stereocenters. The van der Waals surface area contributed by atoms with Crippen LogP contribution in [0.1, 0.15) is 32.8 Å². The number of hydrogen-bond donors (Lipinski definition) is 1. The number of rotatable bonds is 4. The molecule has 0 amide bonds. The quantitative estimate of drug-likeness (QED) is 0.838. The maximum absolute atomic E-state index is 5.66. The largest absolute Gasteiger partial charge is 0.0149 e. The monoisotopic (exact) mass is 353 g/mol. The van der Waals surface area contributed by atoms with Gasteiger partial charge in [-0.15, -0.1) is 0 Å². The van der Waals surface area contributed by atoms with Crippen molar-refractivity contribution in [3.05, 3.63) is 51.6 Å². The van der Waals surface area contributed by atoms with Crippen molar-refractivity contribution >= 4 is 16.5 Å². The molecular weight excluding hydrogens is 322 g/mol. The predicted molar refractivity (Wildman–Crippen MR) is 99.0 cm³/mol. The number of allylic oxidation sites excluding steroid dienone is 3. The Morgan fingerprint density at radius 1 is 1.09 bits per heavy atom. The molecule has 0 radical (unpaired) electrons. The topological polar surface area (TPSA) is 21.3 Å². The molecule has 1 N–H and O–H groups in total. The Balaban J connectivity index is 0.00000242. The molecular formula is C18H31NOSiTi. The number of nitrogens with one attached hydrogen (secondary N) is 1. The standard InChI is InChI=1S/C12H11O.C4H10N.2CH3.H4Si.Ti/c1-13-12-9-5-8-11(12)10-6-3-2-4-7-10;1-4(2,3)5;;;;/h2-4,6-8H,9H2,1H3;5H,1-3H3;2*1H3;1H4;/q;-1;;;;+1. The third-order valence-electron chi connectivity index (χ3n) is 3.79. The van der Waals surface area contributed by atoms with Crippen LogP contribution in [-0.2, 0) is 21.6 Å². The smallest absolute Gasteiger partial charge is 0.0149 e. The molecule has 1 aliphatic rings. The molecule has 0 spiro atoms. The third-order valence-corrected chi connectivity index (χ3v) is 8.95. The summed E-state index contributed by atoms with van der Waals surface area (Å²) in [6.07, 6.45) is 3.32. The Morgan fingerprint density at radius 3 is 2.18 bits per heavy atom. The third kappa shape index (κ3) is 4.69. The fourth-order valence-corrected chi connectivity index (χ4v) is 7.95. The van der Waals surface area contributed by atoms with Gasteiger partial charge in [0.15, 0.2) is 0 Å². The van der Waals surface area contributed by atoms with Crippen LogP contribution in [0, 0.1) is 0 Å². The zero-order valence-electron chi connectivity index (χ0n) is 14.1. The molecule has 1 aliphatic carbocycles. The van der Waals surface area contributed by atoms with Gasteiger partial charge >= 0.3 is 133 Å². The molecule has 0 saturated heterocycles. The van der Waals surface area contributed by atoms with Crippen LogP contribution in [0.4, 0.5) is 0 Å². The fraction of sp³-hybridized carbons (Fsp3) is 0.444. The molecule has 2 nitrogen and oxygen atoms in total. The van der Waals surface area contributed by atoms with E-state index in [2.05, 4.69) is 71.4 Å². The number of hydrogen-bond acceptors (Lipinski definition) is 2. The molecule has 4 heteroatoms. The Morgan fingerprint density at radius 2 is 1.68 bits per heavy atom. The molecule has 22 heavy (non-hydrogen) atoms. The SMILES string of the molecule is COC1=C(c2ccccc2)C=[C]([Ti]([CH3])([CH3])[NH]C(C)(C)C)C1.[SiH4]. The van der Waals surface area contributed by atoms with Crippen LogP contribution in [-0.4, -0.2) is 23.6 Å². The summed E-state index contributed by atoms with van der Waals surface area (Å²) >= 11 is -2.21. The molecule has 1 aromatic rings. The van der Waals surface area contributed by atoms with Gasteiger partial charge in [-0.05, 0) is 11.0 Å². The Kier molecular flexibility index (Phi) is 6.46. The maximum Gasteiger partial charge on any atom is -0.0149 e. The zero-order valence-corrected chi connectivity index (χ0v) is 15.6. The molecule has 0 fully saturated rings. The first kappa shape index (κ1) is 19.4. The van der Waals surface area contributed by atoms with Crippen molar-refractivity contribution in [2.24, 2.45) is 0 Å². The van der Waals surface area contributed by atoms with Gasteiger partial charge in [-0.2, -0.15) is 0 Å². The summed E-state index contributed by atoms with van der Waals surface area (Å²) in [4.78, 5) is 0. The van der Waals surface area contributed by atoms with E-state index in [-0.39, 0.29) is 16.5 Å². The van der Waals surface area contributed by atoms with Gasteiger partial charge < -0.3 is 0 Å². The van der Waals surface area contributed by atoms with E-state index in [0.717, 1.165) is 12.2 Å². The number of methoxy groups -OCH3 is 1. The Labute approximate surface area is 143 Å². The number of ether oxygens (including phenoxy) is 1. The van der Waals surface area contributed by atoms with E-state index in [4.69, 9.17) is 4.74 Å². The number of benzene rings is 1. The van der Waals surface area contributed by atoms with E-state index in [1.54, 1.807) is 11.0 Å². The Bertz CT molecular complexity index is 570. The molecule has 0 heterocycles. The van der Waals surface area contributed by atoms with E-state index in [1.807, 2.05) is 0 Å². The van der Waals surface area contributed by atoms with Gasteiger partial charge in [0.25, 0.3) is 0 Å². The molecule has 0 saturated carbocycles. The predicted octanol–water partition coefficient (Wildman–Crippen LogP) is 3.43. The molecule has 122 valence electrons. The van der Waals surface area contributed by atoms with Crippen molar-refractivity contribution in [3.8, 4) is 0 Å². The zero-order chi connectivity index (χ0) is 15.7. The second-order valence-corrected chi connectivity index (χ2v) is 13.7. The fourth-order valence-electron chi connectivity index (χ4n) is 3.04. The Hall–Kier alpha value is -0.609. The molecule has 2 rings (SSSR count). The van der Waals surface area contributed by atoms with Crippen molar-refractivity contribution in [2.45, 2.75) is 43.2 Å². The van der Waals surface area contributed by atoms with E-state index in [1.165, 1.54) is 11.1 Å². The molecule has 1 aromatic carbocycles.